The van der Waals surface area contributed by atoms with Gasteiger partial charge in [-0.05, 0) is 51.8 Å². The Labute approximate surface area is 207 Å². The molecular formula is C25H35Cl2N5O. The van der Waals surface area contributed by atoms with Gasteiger partial charge in [0.2, 0.25) is 0 Å². The largest absolute Gasteiger partial charge is 0.368 e. The predicted octanol–water partition coefficient (Wildman–Crippen LogP) is 5.21. The van der Waals surface area contributed by atoms with Crippen molar-refractivity contribution in [3.8, 4) is 0 Å². The average molecular weight is 492 g/mol. The van der Waals surface area contributed by atoms with Gasteiger partial charge in [-0.15, -0.1) is 0 Å². The van der Waals surface area contributed by atoms with Crippen molar-refractivity contribution < 1.29 is 4.79 Å². The number of hydrogen-bond acceptors (Lipinski definition) is 4. The van der Waals surface area contributed by atoms with Crippen molar-refractivity contribution in [3.63, 3.8) is 0 Å². The monoisotopic (exact) mass is 491 g/mol. The van der Waals surface area contributed by atoms with Gasteiger partial charge < -0.3 is 14.4 Å². The molecule has 8 heteroatoms. The van der Waals surface area contributed by atoms with E-state index in [1.807, 2.05) is 44.0 Å². The van der Waals surface area contributed by atoms with Crippen LogP contribution in [0.4, 0.5) is 5.69 Å². The molecule has 6 nitrogen and oxygen atoms in total. The van der Waals surface area contributed by atoms with E-state index in [4.69, 9.17) is 23.2 Å². The Morgan fingerprint density at radius 3 is 2.52 bits per heavy atom. The van der Waals surface area contributed by atoms with Crippen LogP contribution in [-0.2, 0) is 0 Å². The molecule has 2 aliphatic rings. The maximum absolute atomic E-state index is 13.1. The molecule has 1 aliphatic heterocycles. The molecule has 0 spiro atoms. The summed E-state index contributed by atoms with van der Waals surface area (Å²) >= 11 is 12.6. The zero-order valence-corrected chi connectivity index (χ0v) is 21.5. The first-order chi connectivity index (χ1) is 15.9. The molecule has 0 bridgehead atoms. The molecule has 180 valence electrons. The number of nitrogens with zero attached hydrogens (tertiary/aromatic N) is 5. The predicted molar refractivity (Wildman–Crippen MR) is 136 cm³/mol. The van der Waals surface area contributed by atoms with Gasteiger partial charge in [0.05, 0.1) is 15.7 Å². The first kappa shape index (κ1) is 24.4. The number of halogens is 2. The number of rotatable bonds is 7. The Morgan fingerprint density at radius 1 is 1.12 bits per heavy atom. The quantitative estimate of drug-likeness (QED) is 0.533. The van der Waals surface area contributed by atoms with E-state index < -0.39 is 0 Å². The molecule has 1 aliphatic carbocycles. The zero-order valence-electron chi connectivity index (χ0n) is 20.0. The van der Waals surface area contributed by atoms with Crippen molar-refractivity contribution in [2.45, 2.75) is 52.0 Å². The van der Waals surface area contributed by atoms with Gasteiger partial charge in [0.25, 0.3) is 5.91 Å². The van der Waals surface area contributed by atoms with E-state index in [0.717, 1.165) is 62.9 Å². The number of anilines is 1. The Kier molecular flexibility index (Phi) is 7.87. The van der Waals surface area contributed by atoms with Crippen LogP contribution in [-0.4, -0.2) is 71.6 Å². The summed E-state index contributed by atoms with van der Waals surface area (Å²) in [5.74, 6) is 1.00. The molecule has 33 heavy (non-hydrogen) atoms. The van der Waals surface area contributed by atoms with Gasteiger partial charge in [-0.2, -0.15) is 0 Å². The second-order valence-electron chi connectivity index (χ2n) is 9.38. The molecule has 1 aromatic heterocycles. The van der Waals surface area contributed by atoms with E-state index in [-0.39, 0.29) is 5.91 Å². The number of amides is 1. The van der Waals surface area contributed by atoms with Crippen molar-refractivity contribution >= 4 is 34.8 Å². The smallest absolute Gasteiger partial charge is 0.274 e. The molecule has 2 aromatic rings. The molecule has 1 saturated heterocycles. The van der Waals surface area contributed by atoms with E-state index in [0.29, 0.717) is 21.8 Å². The molecule has 2 fully saturated rings. The van der Waals surface area contributed by atoms with Crippen LogP contribution in [0.15, 0.2) is 18.2 Å². The molecular weight excluding hydrogens is 457 g/mol. The molecule has 4 rings (SSSR count). The lowest BCUT2D eigenvalue weighted by Crippen LogP contribution is -2.47. The third-order valence-corrected chi connectivity index (χ3v) is 7.99. The number of carbonyl (C=O) groups is 1. The minimum absolute atomic E-state index is 0.0350. The summed E-state index contributed by atoms with van der Waals surface area (Å²) in [5, 5.41) is 1.23. The molecule has 0 N–H and O–H groups in total. The van der Waals surface area contributed by atoms with Gasteiger partial charge in [0.1, 0.15) is 11.5 Å². The normalized spacial score (nSPS) is 17.7. The number of hydrogen-bond donors (Lipinski definition) is 0. The summed E-state index contributed by atoms with van der Waals surface area (Å²) in [4.78, 5) is 24.3. The maximum atomic E-state index is 13.1. The fourth-order valence-corrected chi connectivity index (χ4v) is 5.73. The zero-order chi connectivity index (χ0) is 23.5. The highest BCUT2D eigenvalue weighted by Gasteiger charge is 2.26. The molecule has 0 atom stereocenters. The van der Waals surface area contributed by atoms with Gasteiger partial charge >= 0.3 is 0 Å². The summed E-state index contributed by atoms with van der Waals surface area (Å²) in [7, 11) is 1.89. The van der Waals surface area contributed by atoms with Crippen molar-refractivity contribution in [1.82, 2.24) is 19.4 Å². The van der Waals surface area contributed by atoms with Crippen molar-refractivity contribution in [1.29, 1.82) is 0 Å². The second kappa shape index (κ2) is 10.7. The van der Waals surface area contributed by atoms with Crippen LogP contribution in [0.1, 0.15) is 60.2 Å². The van der Waals surface area contributed by atoms with Crippen LogP contribution in [0.5, 0.6) is 0 Å². The fourth-order valence-electron chi connectivity index (χ4n) is 5.32. The number of carbonyl (C=O) groups excluding carboxylic acids is 1. The molecule has 1 amide bonds. The highest BCUT2D eigenvalue weighted by molar-refractivity contribution is 6.43. The first-order valence-electron chi connectivity index (χ1n) is 12.1. The van der Waals surface area contributed by atoms with Crippen LogP contribution in [0.3, 0.4) is 0 Å². The number of imidazole rings is 1. The van der Waals surface area contributed by atoms with Crippen LogP contribution < -0.4 is 4.90 Å². The minimum atomic E-state index is 0.0350. The first-order valence-corrected chi connectivity index (χ1v) is 12.8. The van der Waals surface area contributed by atoms with Crippen LogP contribution in [0.25, 0.3) is 0 Å². The topological polar surface area (TPSA) is 44.6 Å². The van der Waals surface area contributed by atoms with E-state index >= 15 is 0 Å². The molecule has 0 radical (unpaired) electrons. The number of benzene rings is 1. The Morgan fingerprint density at radius 2 is 1.82 bits per heavy atom. The van der Waals surface area contributed by atoms with Crippen LogP contribution in [0.2, 0.25) is 10.0 Å². The van der Waals surface area contributed by atoms with Crippen molar-refractivity contribution in [3.05, 3.63) is 45.5 Å². The van der Waals surface area contributed by atoms with Crippen LogP contribution >= 0.6 is 23.2 Å². The summed E-state index contributed by atoms with van der Waals surface area (Å²) in [5.41, 5.74) is 2.65. The standard InChI is InChI=1S/C25H35Cl2N5O/c1-18-24(28-19(2)32(18)20-8-4-5-9-20)25(33)29(3)12-7-13-30-14-16-31(17-15-30)22-11-6-10-21(26)23(22)27/h6,10-11,20H,4-5,7-9,12-17H2,1-3H3. The van der Waals surface area contributed by atoms with Gasteiger partial charge in [0, 0.05) is 51.5 Å². The number of aryl methyl sites for hydroxylation is 1. The highest BCUT2D eigenvalue weighted by atomic mass is 35.5. The van der Waals surface area contributed by atoms with E-state index in [9.17, 15) is 4.79 Å². The van der Waals surface area contributed by atoms with Gasteiger partial charge in [-0.25, -0.2) is 4.98 Å². The Bertz CT molecular complexity index is 977. The molecule has 1 aromatic carbocycles. The minimum Gasteiger partial charge on any atom is -0.368 e. The second-order valence-corrected chi connectivity index (χ2v) is 10.2. The van der Waals surface area contributed by atoms with Gasteiger partial charge in [-0.1, -0.05) is 42.1 Å². The Hall–Kier alpha value is -1.76. The highest BCUT2D eigenvalue weighted by Crippen LogP contribution is 2.33. The fraction of sp³-hybridized carbons (Fsp3) is 0.600. The average Bonchev–Trinajstić information content (AvgIpc) is 3.43. The van der Waals surface area contributed by atoms with E-state index in [1.54, 1.807) is 0 Å². The lowest BCUT2D eigenvalue weighted by molar-refractivity contribution is 0.0781. The summed E-state index contributed by atoms with van der Waals surface area (Å²) < 4.78 is 2.29. The van der Waals surface area contributed by atoms with E-state index in [1.165, 1.54) is 25.7 Å². The molecule has 0 unspecified atom stereocenters. The lowest BCUT2D eigenvalue weighted by atomic mass is 10.2. The van der Waals surface area contributed by atoms with Crippen LogP contribution in [0, 0.1) is 13.8 Å². The molecule has 2 heterocycles. The summed E-state index contributed by atoms with van der Waals surface area (Å²) in [6.07, 6.45) is 5.87. The van der Waals surface area contributed by atoms with Crippen molar-refractivity contribution in [2.24, 2.45) is 0 Å². The van der Waals surface area contributed by atoms with Crippen molar-refractivity contribution in [2.75, 3.05) is 51.2 Å². The maximum Gasteiger partial charge on any atom is 0.274 e. The molecule has 1 saturated carbocycles. The Balaban J connectivity index is 1.25. The lowest BCUT2D eigenvalue weighted by Gasteiger charge is -2.36. The summed E-state index contributed by atoms with van der Waals surface area (Å²) in [6, 6.07) is 6.30. The third-order valence-electron chi connectivity index (χ3n) is 7.18. The number of piperazine rings is 1. The van der Waals surface area contributed by atoms with Gasteiger partial charge in [-0.3, -0.25) is 9.69 Å². The third kappa shape index (κ3) is 5.33. The summed E-state index contributed by atoms with van der Waals surface area (Å²) in [6.45, 7) is 9.58. The van der Waals surface area contributed by atoms with E-state index in [2.05, 4.69) is 19.4 Å². The van der Waals surface area contributed by atoms with Gasteiger partial charge in [0.15, 0.2) is 0 Å². The SMILES string of the molecule is Cc1nc(C(=O)N(C)CCCN2CCN(c3cccc(Cl)c3Cl)CC2)c(C)n1C1CCCC1. The number of aromatic nitrogens is 2.